The Morgan fingerprint density at radius 3 is 2.41 bits per heavy atom. The molecule has 2 aromatic carbocycles. The Bertz CT molecular complexity index is 1080. The lowest BCUT2D eigenvalue weighted by molar-refractivity contribution is -0.120. The van der Waals surface area contributed by atoms with Gasteiger partial charge in [-0.05, 0) is 43.2 Å². The Kier molecular flexibility index (Phi) is 5.56. The van der Waals surface area contributed by atoms with Crippen molar-refractivity contribution in [2.24, 2.45) is 0 Å². The number of aryl methyl sites for hydroxylation is 2. The minimum absolute atomic E-state index is 0.0785. The first-order valence-electron chi connectivity index (χ1n) is 8.78. The van der Waals surface area contributed by atoms with Gasteiger partial charge in [-0.3, -0.25) is 9.78 Å². The predicted molar refractivity (Wildman–Crippen MR) is 106 cm³/mol. The van der Waals surface area contributed by atoms with E-state index in [4.69, 9.17) is 0 Å². The Morgan fingerprint density at radius 1 is 1.00 bits per heavy atom. The van der Waals surface area contributed by atoms with Crippen LogP contribution in [0.4, 0.5) is 0 Å². The molecule has 0 bridgehead atoms. The lowest BCUT2D eigenvalue weighted by atomic mass is 9.99. The summed E-state index contributed by atoms with van der Waals surface area (Å²) >= 11 is 0. The van der Waals surface area contributed by atoms with E-state index in [0.29, 0.717) is 0 Å². The highest BCUT2D eigenvalue weighted by atomic mass is 32.2. The largest absolute Gasteiger partial charge is 0.355 e. The zero-order valence-corrected chi connectivity index (χ0v) is 16.2. The number of carbonyl (C=O) groups excluding carboxylic acids is 1. The van der Waals surface area contributed by atoms with Gasteiger partial charge in [0.25, 0.3) is 0 Å². The highest BCUT2D eigenvalue weighted by molar-refractivity contribution is 7.91. The molecule has 3 aromatic rings. The summed E-state index contributed by atoms with van der Waals surface area (Å²) in [4.78, 5) is 17.2. The van der Waals surface area contributed by atoms with Gasteiger partial charge in [-0.2, -0.15) is 0 Å². The fraction of sp³-hybridized carbons (Fsp3) is 0.238. The molecule has 27 heavy (non-hydrogen) atoms. The molecule has 6 heteroatoms. The van der Waals surface area contributed by atoms with Crippen LogP contribution in [0.1, 0.15) is 16.8 Å². The molecule has 3 rings (SSSR count). The molecule has 140 valence electrons. The molecule has 0 saturated carbocycles. The van der Waals surface area contributed by atoms with Gasteiger partial charge in [0.1, 0.15) is 0 Å². The Balaban J connectivity index is 1.66. The van der Waals surface area contributed by atoms with Crippen molar-refractivity contribution >= 4 is 26.6 Å². The van der Waals surface area contributed by atoms with Gasteiger partial charge in [0.2, 0.25) is 5.91 Å². The summed E-state index contributed by atoms with van der Waals surface area (Å²) in [5.41, 5.74) is 3.64. The lowest BCUT2D eigenvalue weighted by Gasteiger charge is -2.13. The molecule has 0 atom stereocenters. The van der Waals surface area contributed by atoms with E-state index in [0.717, 1.165) is 27.7 Å². The van der Waals surface area contributed by atoms with E-state index in [2.05, 4.69) is 10.3 Å². The number of hydrogen-bond donors (Lipinski definition) is 1. The van der Waals surface area contributed by atoms with Gasteiger partial charge in [0.05, 0.1) is 22.6 Å². The number of benzene rings is 2. The van der Waals surface area contributed by atoms with Crippen LogP contribution in [0.3, 0.4) is 0 Å². The number of para-hydroxylation sites is 1. The molecule has 1 aromatic heterocycles. The third-order valence-electron chi connectivity index (χ3n) is 4.62. The highest BCUT2D eigenvalue weighted by Crippen LogP contribution is 2.22. The molecule has 0 aliphatic heterocycles. The molecule has 1 amide bonds. The van der Waals surface area contributed by atoms with E-state index in [1.54, 1.807) is 30.3 Å². The molecular weight excluding hydrogens is 360 g/mol. The minimum Gasteiger partial charge on any atom is -0.355 e. The zero-order valence-electron chi connectivity index (χ0n) is 15.4. The predicted octanol–water partition coefficient (Wildman–Crippen LogP) is 2.98. The summed E-state index contributed by atoms with van der Waals surface area (Å²) in [5.74, 6) is -0.335. The number of fused-ring (bicyclic) bond motifs is 1. The summed E-state index contributed by atoms with van der Waals surface area (Å²) in [6.07, 6.45) is 0.181. The summed E-state index contributed by atoms with van der Waals surface area (Å²) < 4.78 is 24.5. The van der Waals surface area contributed by atoms with Gasteiger partial charge in [0, 0.05) is 17.6 Å². The Hall–Kier alpha value is -2.73. The molecule has 0 aliphatic carbocycles. The van der Waals surface area contributed by atoms with Crippen molar-refractivity contribution < 1.29 is 13.2 Å². The van der Waals surface area contributed by atoms with Gasteiger partial charge in [-0.25, -0.2) is 8.42 Å². The molecule has 5 nitrogen and oxygen atoms in total. The normalized spacial score (nSPS) is 11.5. The van der Waals surface area contributed by atoms with Crippen LogP contribution in [0, 0.1) is 13.8 Å². The van der Waals surface area contributed by atoms with E-state index < -0.39 is 9.84 Å². The summed E-state index contributed by atoms with van der Waals surface area (Å²) in [6, 6.07) is 16.1. The van der Waals surface area contributed by atoms with Crippen molar-refractivity contribution in [3.05, 3.63) is 71.4 Å². The van der Waals surface area contributed by atoms with Gasteiger partial charge in [-0.1, -0.05) is 36.4 Å². The highest BCUT2D eigenvalue weighted by Gasteiger charge is 2.16. The third-order valence-corrected chi connectivity index (χ3v) is 6.35. The summed E-state index contributed by atoms with van der Waals surface area (Å²) in [5, 5.41) is 3.74. The monoisotopic (exact) mass is 382 g/mol. The maximum atomic E-state index is 12.3. The smallest absolute Gasteiger partial charge is 0.224 e. The molecule has 1 N–H and O–H groups in total. The topological polar surface area (TPSA) is 76.1 Å². The lowest BCUT2D eigenvalue weighted by Crippen LogP contribution is -2.30. The number of sulfone groups is 1. The molecule has 1 heterocycles. The number of nitrogens with one attached hydrogen (secondary N) is 1. The van der Waals surface area contributed by atoms with Gasteiger partial charge in [0.15, 0.2) is 9.84 Å². The van der Waals surface area contributed by atoms with Crippen LogP contribution in [-0.4, -0.2) is 31.6 Å². The fourth-order valence-electron chi connectivity index (χ4n) is 3.12. The molecule has 0 saturated heterocycles. The van der Waals surface area contributed by atoms with E-state index in [-0.39, 0.29) is 29.5 Å². The molecule has 0 unspecified atom stereocenters. The van der Waals surface area contributed by atoms with E-state index >= 15 is 0 Å². The second kappa shape index (κ2) is 7.88. The Labute approximate surface area is 159 Å². The van der Waals surface area contributed by atoms with Crippen molar-refractivity contribution in [3.8, 4) is 0 Å². The van der Waals surface area contributed by atoms with Gasteiger partial charge >= 0.3 is 0 Å². The maximum absolute atomic E-state index is 12.3. The second-order valence-corrected chi connectivity index (χ2v) is 8.59. The van der Waals surface area contributed by atoms with E-state index in [9.17, 15) is 13.2 Å². The first-order chi connectivity index (χ1) is 12.9. The second-order valence-electron chi connectivity index (χ2n) is 6.48. The van der Waals surface area contributed by atoms with Crippen molar-refractivity contribution in [2.75, 3.05) is 12.3 Å². The summed E-state index contributed by atoms with van der Waals surface area (Å²) in [7, 11) is -3.40. The van der Waals surface area contributed by atoms with Crippen LogP contribution in [0.15, 0.2) is 59.5 Å². The summed E-state index contributed by atoms with van der Waals surface area (Å²) in [6.45, 7) is 3.95. The van der Waals surface area contributed by atoms with Crippen molar-refractivity contribution in [1.29, 1.82) is 0 Å². The van der Waals surface area contributed by atoms with Crippen molar-refractivity contribution in [2.45, 2.75) is 25.2 Å². The molecule has 0 aliphatic rings. The first-order valence-corrected chi connectivity index (χ1v) is 10.4. The number of hydrogen-bond acceptors (Lipinski definition) is 4. The quantitative estimate of drug-likeness (QED) is 0.711. The molecule has 0 fully saturated rings. The van der Waals surface area contributed by atoms with Crippen LogP contribution >= 0.6 is 0 Å². The number of nitrogens with zero attached hydrogens (tertiary/aromatic N) is 1. The van der Waals surface area contributed by atoms with Gasteiger partial charge < -0.3 is 5.32 Å². The molecule has 0 spiro atoms. The standard InChI is InChI=1S/C21H22N2O3S/c1-15-18-10-6-7-11-20(18)23-16(2)19(15)14-21(24)22-12-13-27(25,26)17-8-4-3-5-9-17/h3-11H,12-14H2,1-2H3,(H,22,24). The van der Waals surface area contributed by atoms with Crippen molar-refractivity contribution in [3.63, 3.8) is 0 Å². The number of amides is 1. The SMILES string of the molecule is Cc1nc2ccccc2c(C)c1CC(=O)NCCS(=O)(=O)c1ccccc1. The van der Waals surface area contributed by atoms with Crippen LogP contribution < -0.4 is 5.32 Å². The van der Waals surface area contributed by atoms with E-state index in [1.807, 2.05) is 38.1 Å². The van der Waals surface area contributed by atoms with Crippen LogP contribution in [0.25, 0.3) is 10.9 Å². The van der Waals surface area contributed by atoms with Crippen molar-refractivity contribution in [1.82, 2.24) is 10.3 Å². The van der Waals surface area contributed by atoms with Crippen LogP contribution in [0.5, 0.6) is 0 Å². The Morgan fingerprint density at radius 2 is 1.67 bits per heavy atom. The maximum Gasteiger partial charge on any atom is 0.224 e. The van der Waals surface area contributed by atoms with E-state index in [1.165, 1.54) is 0 Å². The van der Waals surface area contributed by atoms with Crippen LogP contribution in [0.2, 0.25) is 0 Å². The minimum atomic E-state index is -3.40. The fourth-order valence-corrected chi connectivity index (χ4v) is 4.30. The number of pyridine rings is 1. The number of rotatable bonds is 6. The molecule has 0 radical (unpaired) electrons. The third kappa shape index (κ3) is 4.34. The molecular formula is C21H22N2O3S. The zero-order chi connectivity index (χ0) is 19.4. The van der Waals surface area contributed by atoms with Gasteiger partial charge in [-0.15, -0.1) is 0 Å². The average Bonchev–Trinajstić information content (AvgIpc) is 2.66. The average molecular weight is 382 g/mol. The first kappa shape index (κ1) is 19.0. The number of carbonyl (C=O) groups is 1. The number of aromatic nitrogens is 1. The van der Waals surface area contributed by atoms with Crippen LogP contribution in [-0.2, 0) is 21.1 Å².